The second-order valence-electron chi connectivity index (χ2n) is 6.28. The van der Waals surface area contributed by atoms with Crippen LogP contribution in [-0.2, 0) is 6.54 Å². The highest BCUT2D eigenvalue weighted by atomic mass is 79.9. The maximum absolute atomic E-state index is 5.45. The summed E-state index contributed by atoms with van der Waals surface area (Å²) >= 11 is 3.69. The van der Waals surface area contributed by atoms with Crippen molar-refractivity contribution in [3.8, 4) is 11.5 Å². The third kappa shape index (κ3) is 3.37. The van der Waals surface area contributed by atoms with E-state index < -0.39 is 0 Å². The molecular weight excluding hydrogens is 330 g/mol. The first-order valence-corrected chi connectivity index (χ1v) is 8.59. The molecule has 2 aliphatic carbocycles. The van der Waals surface area contributed by atoms with E-state index in [1.165, 1.54) is 31.2 Å². The Morgan fingerprint density at radius 2 is 1.76 bits per heavy atom. The Morgan fingerprint density at radius 3 is 2.29 bits per heavy atom. The number of nitrogens with zero attached hydrogens (tertiary/aromatic N) is 1. The highest BCUT2D eigenvalue weighted by Gasteiger charge is 2.39. The molecule has 2 fully saturated rings. The number of hydrogen-bond donors (Lipinski definition) is 0. The average molecular weight is 354 g/mol. The summed E-state index contributed by atoms with van der Waals surface area (Å²) in [5, 5.41) is 0. The molecular formula is C17H24BrNO2. The first-order chi connectivity index (χ1) is 10.1. The molecule has 116 valence electrons. The molecule has 0 N–H and O–H groups in total. The number of halogens is 1. The minimum Gasteiger partial charge on any atom is -0.493 e. The quantitative estimate of drug-likeness (QED) is 0.732. The van der Waals surface area contributed by atoms with E-state index in [1.54, 1.807) is 14.2 Å². The summed E-state index contributed by atoms with van der Waals surface area (Å²) in [6.45, 7) is 3.38. The van der Waals surface area contributed by atoms with E-state index in [0.717, 1.165) is 34.5 Å². The predicted octanol–water partition coefficient (Wildman–Crippen LogP) is 4.23. The van der Waals surface area contributed by atoms with Crippen LogP contribution in [0.25, 0.3) is 0 Å². The molecule has 0 spiro atoms. The maximum atomic E-state index is 5.45. The fourth-order valence-corrected chi connectivity index (χ4v) is 3.52. The molecule has 1 atom stereocenters. The molecule has 0 amide bonds. The lowest BCUT2D eigenvalue weighted by molar-refractivity contribution is 0.170. The van der Waals surface area contributed by atoms with Crippen LogP contribution in [0.15, 0.2) is 16.6 Å². The summed E-state index contributed by atoms with van der Waals surface area (Å²) in [6.07, 6.45) is 5.50. The third-order valence-corrected chi connectivity index (χ3v) is 5.49. The molecule has 1 aromatic rings. The number of rotatable bonds is 7. The first kappa shape index (κ1) is 15.2. The van der Waals surface area contributed by atoms with Crippen molar-refractivity contribution in [1.29, 1.82) is 0 Å². The van der Waals surface area contributed by atoms with Crippen LogP contribution in [0.3, 0.4) is 0 Å². The second-order valence-corrected chi connectivity index (χ2v) is 7.13. The van der Waals surface area contributed by atoms with E-state index in [1.807, 2.05) is 6.07 Å². The van der Waals surface area contributed by atoms with Gasteiger partial charge >= 0.3 is 0 Å². The largest absolute Gasteiger partial charge is 0.493 e. The fraction of sp³-hybridized carbons (Fsp3) is 0.647. The van der Waals surface area contributed by atoms with Gasteiger partial charge in [0.15, 0.2) is 11.5 Å². The fourth-order valence-electron chi connectivity index (χ4n) is 3.08. The van der Waals surface area contributed by atoms with Gasteiger partial charge in [-0.15, -0.1) is 0 Å². The van der Waals surface area contributed by atoms with E-state index in [4.69, 9.17) is 9.47 Å². The predicted molar refractivity (Wildman–Crippen MR) is 88.0 cm³/mol. The van der Waals surface area contributed by atoms with E-state index in [2.05, 4.69) is 33.8 Å². The van der Waals surface area contributed by atoms with Crippen LogP contribution in [-0.4, -0.2) is 31.2 Å². The number of ether oxygens (including phenoxy) is 2. The molecule has 0 radical (unpaired) electrons. The molecule has 2 aliphatic rings. The normalized spacial score (nSPS) is 19.7. The van der Waals surface area contributed by atoms with Crippen molar-refractivity contribution in [3.05, 3.63) is 22.2 Å². The third-order valence-electron chi connectivity index (χ3n) is 4.75. The number of methoxy groups -OCH3 is 2. The summed E-state index contributed by atoms with van der Waals surface area (Å²) in [7, 11) is 3.37. The lowest BCUT2D eigenvalue weighted by Crippen LogP contribution is -2.36. The Labute approximate surface area is 135 Å². The smallest absolute Gasteiger partial charge is 0.161 e. The monoisotopic (exact) mass is 353 g/mol. The highest BCUT2D eigenvalue weighted by Crippen LogP contribution is 2.42. The van der Waals surface area contributed by atoms with Gasteiger partial charge in [-0.05, 0) is 56.2 Å². The minimum atomic E-state index is 0.692. The Kier molecular flexibility index (Phi) is 4.46. The average Bonchev–Trinajstić information content (AvgIpc) is 3.37. The molecule has 2 saturated carbocycles. The zero-order chi connectivity index (χ0) is 15.0. The van der Waals surface area contributed by atoms with Gasteiger partial charge in [0.1, 0.15) is 0 Å². The Bertz CT molecular complexity index is 512. The summed E-state index contributed by atoms with van der Waals surface area (Å²) in [6, 6.07) is 5.59. The summed E-state index contributed by atoms with van der Waals surface area (Å²) in [5.41, 5.74) is 1.28. The molecule has 0 aromatic heterocycles. The van der Waals surface area contributed by atoms with E-state index in [9.17, 15) is 0 Å². The Hall–Kier alpha value is -0.740. The van der Waals surface area contributed by atoms with Crippen molar-refractivity contribution in [2.75, 3.05) is 14.2 Å². The molecule has 1 aromatic carbocycles. The molecule has 0 bridgehead atoms. The number of benzene rings is 1. The van der Waals surface area contributed by atoms with Gasteiger partial charge in [-0.2, -0.15) is 0 Å². The summed E-state index contributed by atoms with van der Waals surface area (Å²) in [5.74, 6) is 2.50. The van der Waals surface area contributed by atoms with E-state index in [0.29, 0.717) is 6.04 Å². The second kappa shape index (κ2) is 6.17. The molecule has 4 heteroatoms. The minimum absolute atomic E-state index is 0.692. The van der Waals surface area contributed by atoms with Crippen LogP contribution in [0.4, 0.5) is 0 Å². The van der Waals surface area contributed by atoms with Gasteiger partial charge in [0, 0.05) is 23.1 Å². The molecule has 0 aliphatic heterocycles. The molecule has 3 rings (SSSR count). The highest BCUT2D eigenvalue weighted by molar-refractivity contribution is 9.10. The zero-order valence-electron chi connectivity index (χ0n) is 13.1. The SMILES string of the molecule is COc1cc(Br)c(CN(C2CC2)C(C)C2CC2)cc1OC. The van der Waals surface area contributed by atoms with Gasteiger partial charge < -0.3 is 9.47 Å². The molecule has 0 saturated heterocycles. The van der Waals surface area contributed by atoms with Gasteiger partial charge in [0.2, 0.25) is 0 Å². The van der Waals surface area contributed by atoms with Gasteiger partial charge in [-0.25, -0.2) is 0 Å². The van der Waals surface area contributed by atoms with Crippen molar-refractivity contribution in [2.24, 2.45) is 5.92 Å². The summed E-state index contributed by atoms with van der Waals surface area (Å²) < 4.78 is 11.9. The van der Waals surface area contributed by atoms with Crippen molar-refractivity contribution in [3.63, 3.8) is 0 Å². The van der Waals surface area contributed by atoms with Gasteiger partial charge in [-0.1, -0.05) is 15.9 Å². The van der Waals surface area contributed by atoms with Crippen molar-refractivity contribution in [1.82, 2.24) is 4.90 Å². The van der Waals surface area contributed by atoms with Crippen molar-refractivity contribution in [2.45, 2.75) is 51.2 Å². The molecule has 3 nitrogen and oxygen atoms in total. The van der Waals surface area contributed by atoms with Crippen LogP contribution in [0.2, 0.25) is 0 Å². The lowest BCUT2D eigenvalue weighted by Gasteiger charge is -2.30. The number of hydrogen-bond acceptors (Lipinski definition) is 3. The van der Waals surface area contributed by atoms with Gasteiger partial charge in [-0.3, -0.25) is 4.90 Å². The topological polar surface area (TPSA) is 21.7 Å². The zero-order valence-corrected chi connectivity index (χ0v) is 14.6. The molecule has 1 unspecified atom stereocenters. The van der Waals surface area contributed by atoms with Crippen LogP contribution in [0.1, 0.15) is 38.2 Å². The van der Waals surface area contributed by atoms with E-state index in [-0.39, 0.29) is 0 Å². The van der Waals surface area contributed by atoms with Crippen LogP contribution in [0, 0.1) is 5.92 Å². The van der Waals surface area contributed by atoms with Crippen LogP contribution >= 0.6 is 15.9 Å². The van der Waals surface area contributed by atoms with Crippen molar-refractivity contribution < 1.29 is 9.47 Å². The van der Waals surface area contributed by atoms with Crippen LogP contribution < -0.4 is 9.47 Å². The molecule has 21 heavy (non-hydrogen) atoms. The molecule has 0 heterocycles. The van der Waals surface area contributed by atoms with Crippen molar-refractivity contribution >= 4 is 15.9 Å². The van der Waals surface area contributed by atoms with Gasteiger partial charge in [0.25, 0.3) is 0 Å². The first-order valence-electron chi connectivity index (χ1n) is 7.80. The standard InChI is InChI=1S/C17H24BrNO2/c1-11(12-4-5-12)19(14-6-7-14)10-13-8-16(20-2)17(21-3)9-15(13)18/h8-9,11-12,14H,4-7,10H2,1-3H3. The van der Waals surface area contributed by atoms with Crippen LogP contribution in [0.5, 0.6) is 11.5 Å². The summed E-state index contributed by atoms with van der Waals surface area (Å²) in [4.78, 5) is 2.68. The Balaban J connectivity index is 1.81. The Morgan fingerprint density at radius 1 is 1.14 bits per heavy atom. The van der Waals surface area contributed by atoms with Gasteiger partial charge in [0.05, 0.1) is 14.2 Å². The maximum Gasteiger partial charge on any atom is 0.161 e. The lowest BCUT2D eigenvalue weighted by atomic mass is 10.1. The van der Waals surface area contributed by atoms with E-state index >= 15 is 0 Å².